The monoisotopic (exact) mass is 196 g/mol. The fraction of sp³-hybridized carbons (Fsp3) is 0.667. The van der Waals surface area contributed by atoms with Crippen molar-refractivity contribution in [2.75, 3.05) is 14.1 Å². The highest BCUT2D eigenvalue weighted by Crippen LogP contribution is 2.17. The summed E-state index contributed by atoms with van der Waals surface area (Å²) in [6.07, 6.45) is 1.10. The Morgan fingerprint density at radius 3 is 2.14 bits per heavy atom. The quantitative estimate of drug-likeness (QED) is 0.702. The van der Waals surface area contributed by atoms with E-state index in [4.69, 9.17) is 0 Å². The van der Waals surface area contributed by atoms with E-state index in [9.17, 15) is 0 Å². The molecule has 0 saturated carbocycles. The molecular weight excluding hydrogens is 172 g/mol. The van der Waals surface area contributed by atoms with Crippen molar-refractivity contribution in [2.24, 2.45) is 5.92 Å². The zero-order valence-corrected chi connectivity index (χ0v) is 10.2. The van der Waals surface area contributed by atoms with E-state index in [-0.39, 0.29) is 0 Å². The topological polar surface area (TPSA) is 15.3 Å². The number of likely N-dealkylation sites (N-methyl/N-ethyl adjacent to an activating group) is 2. The van der Waals surface area contributed by atoms with Gasteiger partial charge in [0.25, 0.3) is 0 Å². The van der Waals surface area contributed by atoms with Crippen LogP contribution in [0.1, 0.15) is 27.2 Å². The molecule has 0 heterocycles. The van der Waals surface area contributed by atoms with Crippen LogP contribution in [0.25, 0.3) is 0 Å². The van der Waals surface area contributed by atoms with Crippen LogP contribution in [-0.4, -0.2) is 25.0 Å². The predicted molar refractivity (Wildman–Crippen MR) is 64.0 cm³/mol. The summed E-state index contributed by atoms with van der Waals surface area (Å²) in [5.41, 5.74) is 2.14. The van der Waals surface area contributed by atoms with Crippen LogP contribution in [-0.2, 0) is 0 Å². The van der Waals surface area contributed by atoms with Crippen molar-refractivity contribution in [3.63, 3.8) is 0 Å². The molecule has 0 rings (SSSR count). The molecule has 0 aliphatic rings. The number of nitrogens with zero attached hydrogens (tertiary/aromatic N) is 1. The van der Waals surface area contributed by atoms with Gasteiger partial charge in [-0.3, -0.25) is 0 Å². The summed E-state index contributed by atoms with van der Waals surface area (Å²) in [7, 11) is 3.99. The molecule has 0 saturated heterocycles. The van der Waals surface area contributed by atoms with E-state index in [0.717, 1.165) is 17.8 Å². The first-order chi connectivity index (χ1) is 6.40. The van der Waals surface area contributed by atoms with Crippen molar-refractivity contribution in [1.82, 2.24) is 10.2 Å². The minimum atomic E-state index is 0.345. The average molecular weight is 196 g/mol. The van der Waals surface area contributed by atoms with E-state index >= 15 is 0 Å². The van der Waals surface area contributed by atoms with Crippen molar-refractivity contribution in [2.45, 2.75) is 33.2 Å². The van der Waals surface area contributed by atoms with E-state index in [1.54, 1.807) is 0 Å². The summed E-state index contributed by atoms with van der Waals surface area (Å²) in [6.45, 7) is 14.5. The van der Waals surface area contributed by atoms with Gasteiger partial charge in [0.15, 0.2) is 0 Å². The van der Waals surface area contributed by atoms with E-state index in [1.807, 2.05) is 14.0 Å². The summed E-state index contributed by atoms with van der Waals surface area (Å²) in [4.78, 5) is 2.18. The maximum absolute atomic E-state index is 4.04. The number of allylic oxidation sites excluding steroid dienone is 1. The molecule has 2 heteroatoms. The highest BCUT2D eigenvalue weighted by atomic mass is 15.2. The third-order valence-electron chi connectivity index (χ3n) is 2.49. The van der Waals surface area contributed by atoms with Crippen molar-refractivity contribution >= 4 is 0 Å². The fourth-order valence-corrected chi connectivity index (χ4v) is 1.41. The summed E-state index contributed by atoms with van der Waals surface area (Å²) >= 11 is 0. The van der Waals surface area contributed by atoms with Crippen LogP contribution in [0.15, 0.2) is 24.6 Å². The van der Waals surface area contributed by atoms with E-state index in [2.05, 4.69) is 44.3 Å². The predicted octanol–water partition coefficient (Wildman–Crippen LogP) is 2.60. The third-order valence-corrected chi connectivity index (χ3v) is 2.49. The van der Waals surface area contributed by atoms with Crippen LogP contribution in [0.4, 0.5) is 0 Å². The lowest BCUT2D eigenvalue weighted by Gasteiger charge is -2.32. The molecule has 0 aliphatic heterocycles. The first-order valence-corrected chi connectivity index (χ1v) is 5.15. The van der Waals surface area contributed by atoms with Crippen molar-refractivity contribution in [1.29, 1.82) is 0 Å². The number of rotatable bonds is 6. The first-order valence-electron chi connectivity index (χ1n) is 5.15. The molecule has 0 aromatic heterocycles. The van der Waals surface area contributed by atoms with Gasteiger partial charge in [0, 0.05) is 25.5 Å². The standard InChI is InChI=1S/C12H24N2/c1-9(2)8-12(11(5)13-6)14(7)10(3)4/h9,12-13H,3,5,8H2,1-2,4,6-7H3. The Bertz CT molecular complexity index is 206. The number of hydrogen-bond acceptors (Lipinski definition) is 2. The second kappa shape index (κ2) is 5.74. The van der Waals surface area contributed by atoms with Crippen LogP contribution in [0.5, 0.6) is 0 Å². The molecule has 1 unspecified atom stereocenters. The molecule has 1 atom stereocenters. The lowest BCUT2D eigenvalue weighted by molar-refractivity contribution is 0.291. The molecule has 0 bridgehead atoms. The van der Waals surface area contributed by atoms with Gasteiger partial charge in [-0.1, -0.05) is 27.0 Å². The van der Waals surface area contributed by atoms with Crippen LogP contribution < -0.4 is 5.32 Å². The molecule has 0 aromatic carbocycles. The van der Waals surface area contributed by atoms with Crippen molar-refractivity contribution in [3.8, 4) is 0 Å². The molecular formula is C12H24N2. The number of nitrogens with one attached hydrogen (secondary N) is 1. The summed E-state index contributed by atoms with van der Waals surface area (Å²) in [5.74, 6) is 0.659. The lowest BCUT2D eigenvalue weighted by Crippen LogP contribution is -2.36. The minimum Gasteiger partial charge on any atom is -0.390 e. The lowest BCUT2D eigenvalue weighted by atomic mass is 10.00. The maximum atomic E-state index is 4.04. The van der Waals surface area contributed by atoms with E-state index < -0.39 is 0 Å². The minimum absolute atomic E-state index is 0.345. The Balaban J connectivity index is 4.54. The van der Waals surface area contributed by atoms with E-state index in [0.29, 0.717) is 12.0 Å². The summed E-state index contributed by atoms with van der Waals surface area (Å²) < 4.78 is 0. The van der Waals surface area contributed by atoms with Gasteiger partial charge in [0.1, 0.15) is 0 Å². The molecule has 2 nitrogen and oxygen atoms in total. The highest BCUT2D eigenvalue weighted by molar-refractivity contribution is 5.07. The Hall–Kier alpha value is -0.920. The first kappa shape index (κ1) is 13.1. The Kier molecular flexibility index (Phi) is 5.36. The van der Waals surface area contributed by atoms with Gasteiger partial charge in [-0.25, -0.2) is 0 Å². The molecule has 0 aromatic rings. The van der Waals surface area contributed by atoms with Crippen molar-refractivity contribution < 1.29 is 0 Å². The molecule has 1 N–H and O–H groups in total. The largest absolute Gasteiger partial charge is 0.390 e. The molecule has 0 aliphatic carbocycles. The number of hydrogen-bond donors (Lipinski definition) is 1. The third kappa shape index (κ3) is 3.86. The Morgan fingerprint density at radius 1 is 1.36 bits per heavy atom. The van der Waals surface area contributed by atoms with Gasteiger partial charge < -0.3 is 10.2 Å². The van der Waals surface area contributed by atoms with Gasteiger partial charge in [-0.2, -0.15) is 0 Å². The average Bonchev–Trinajstić information content (AvgIpc) is 2.11. The molecule has 0 spiro atoms. The molecule has 0 amide bonds. The van der Waals surface area contributed by atoms with Crippen LogP contribution >= 0.6 is 0 Å². The maximum Gasteiger partial charge on any atom is 0.0678 e. The zero-order valence-electron chi connectivity index (χ0n) is 10.2. The normalized spacial score (nSPS) is 12.4. The SMILES string of the molecule is C=C(NC)C(CC(C)C)N(C)C(=C)C. The van der Waals surface area contributed by atoms with Crippen molar-refractivity contribution in [3.05, 3.63) is 24.6 Å². The summed E-state index contributed by atoms with van der Waals surface area (Å²) in [6, 6.07) is 0.345. The second-order valence-corrected chi connectivity index (χ2v) is 4.27. The van der Waals surface area contributed by atoms with Gasteiger partial charge >= 0.3 is 0 Å². The van der Waals surface area contributed by atoms with Crippen LogP contribution in [0, 0.1) is 5.92 Å². The van der Waals surface area contributed by atoms with Gasteiger partial charge in [-0.15, -0.1) is 0 Å². The highest BCUT2D eigenvalue weighted by Gasteiger charge is 2.18. The van der Waals surface area contributed by atoms with Crippen LogP contribution in [0.2, 0.25) is 0 Å². The molecule has 0 radical (unpaired) electrons. The molecule has 14 heavy (non-hydrogen) atoms. The van der Waals surface area contributed by atoms with E-state index in [1.165, 1.54) is 0 Å². The van der Waals surface area contributed by atoms with Crippen LogP contribution in [0.3, 0.4) is 0 Å². The smallest absolute Gasteiger partial charge is 0.0678 e. The Morgan fingerprint density at radius 2 is 1.86 bits per heavy atom. The fourth-order valence-electron chi connectivity index (χ4n) is 1.41. The van der Waals surface area contributed by atoms with Gasteiger partial charge in [-0.05, 0) is 19.3 Å². The summed E-state index contributed by atoms with van der Waals surface area (Å²) in [5, 5.41) is 3.13. The zero-order chi connectivity index (χ0) is 11.3. The Labute approximate surface area is 88.7 Å². The molecule has 82 valence electrons. The molecule has 0 fully saturated rings. The van der Waals surface area contributed by atoms with Gasteiger partial charge in [0.2, 0.25) is 0 Å². The second-order valence-electron chi connectivity index (χ2n) is 4.27. The van der Waals surface area contributed by atoms with Gasteiger partial charge in [0.05, 0.1) is 6.04 Å².